The second-order valence-corrected chi connectivity index (χ2v) is 10.3. The first-order valence-electron chi connectivity index (χ1n) is 12.5. The summed E-state index contributed by atoms with van der Waals surface area (Å²) in [5.41, 5.74) is 14.9. The number of fused-ring (bicyclic) bond motifs is 1. The zero-order valence-corrected chi connectivity index (χ0v) is 20.5. The van der Waals surface area contributed by atoms with Crippen molar-refractivity contribution in [1.82, 2.24) is 19.5 Å². The average molecular weight is 495 g/mol. The van der Waals surface area contributed by atoms with Gasteiger partial charge in [-0.15, -0.1) is 0 Å². The van der Waals surface area contributed by atoms with Crippen LogP contribution < -0.4 is 21.3 Å². The predicted molar refractivity (Wildman–Crippen MR) is 138 cm³/mol. The van der Waals surface area contributed by atoms with Gasteiger partial charge in [-0.2, -0.15) is 9.61 Å². The number of nitrogens with zero attached hydrogens (tertiary/aromatic N) is 6. The number of anilines is 3. The Labute approximate surface area is 209 Å². The molecule has 0 bridgehead atoms. The second kappa shape index (κ2) is 8.87. The lowest BCUT2D eigenvalue weighted by Gasteiger charge is -2.35. The van der Waals surface area contributed by atoms with Crippen molar-refractivity contribution in [2.75, 3.05) is 48.3 Å². The van der Waals surface area contributed by atoms with Gasteiger partial charge >= 0.3 is 0 Å². The summed E-state index contributed by atoms with van der Waals surface area (Å²) in [6.07, 6.45) is 4.98. The van der Waals surface area contributed by atoms with Crippen molar-refractivity contribution in [2.24, 2.45) is 5.73 Å². The van der Waals surface area contributed by atoms with Crippen molar-refractivity contribution in [3.05, 3.63) is 46.6 Å². The van der Waals surface area contributed by atoms with Gasteiger partial charge in [-0.3, -0.25) is 4.79 Å². The maximum absolute atomic E-state index is 13.6. The lowest BCUT2D eigenvalue weighted by Crippen LogP contribution is -2.39. The van der Waals surface area contributed by atoms with E-state index in [9.17, 15) is 4.79 Å². The number of benzene rings is 1. The SMILES string of the molecule is Nc1ccc(Cl)cc1C(=O)N1CCCCC1c1cc2nc(N3CCC3)cc(N3CCC(N)C3)n2n1. The van der Waals surface area contributed by atoms with Gasteiger partial charge in [0.15, 0.2) is 5.65 Å². The average Bonchev–Trinajstić information content (AvgIpc) is 3.45. The van der Waals surface area contributed by atoms with E-state index >= 15 is 0 Å². The first kappa shape index (κ1) is 22.4. The van der Waals surface area contributed by atoms with Crippen molar-refractivity contribution in [2.45, 2.75) is 44.2 Å². The van der Waals surface area contributed by atoms with Crippen LogP contribution in [0.2, 0.25) is 5.02 Å². The molecule has 0 radical (unpaired) electrons. The number of aromatic nitrogens is 3. The van der Waals surface area contributed by atoms with Crippen LogP contribution in [0.1, 0.15) is 54.2 Å². The molecule has 9 nitrogen and oxygen atoms in total. The molecule has 3 aliphatic heterocycles. The predicted octanol–water partition coefficient (Wildman–Crippen LogP) is 3.08. The molecule has 35 heavy (non-hydrogen) atoms. The lowest BCUT2D eigenvalue weighted by molar-refractivity contribution is 0.0607. The van der Waals surface area contributed by atoms with Gasteiger partial charge in [0.1, 0.15) is 11.6 Å². The molecule has 0 spiro atoms. The summed E-state index contributed by atoms with van der Waals surface area (Å²) < 4.78 is 1.93. The summed E-state index contributed by atoms with van der Waals surface area (Å²) in [7, 11) is 0. The Morgan fingerprint density at radius 2 is 1.86 bits per heavy atom. The Bertz CT molecular complexity index is 1270. The fourth-order valence-corrected chi connectivity index (χ4v) is 5.58. The van der Waals surface area contributed by atoms with Crippen molar-refractivity contribution in [3.63, 3.8) is 0 Å². The van der Waals surface area contributed by atoms with Crippen LogP contribution in [0.15, 0.2) is 30.3 Å². The van der Waals surface area contributed by atoms with Crippen molar-refractivity contribution >= 4 is 40.5 Å². The summed E-state index contributed by atoms with van der Waals surface area (Å²) in [6.45, 7) is 4.40. The molecule has 2 atom stereocenters. The van der Waals surface area contributed by atoms with E-state index in [1.54, 1.807) is 18.2 Å². The van der Waals surface area contributed by atoms with Gasteiger partial charge in [0, 0.05) is 61.6 Å². The number of hydrogen-bond donors (Lipinski definition) is 2. The molecule has 0 saturated carbocycles. The molecule has 3 aliphatic rings. The molecule has 1 amide bonds. The minimum Gasteiger partial charge on any atom is -0.398 e. The molecule has 1 aromatic carbocycles. The number of carbonyl (C=O) groups excluding carboxylic acids is 1. The molecule has 5 heterocycles. The zero-order valence-electron chi connectivity index (χ0n) is 19.7. The minimum absolute atomic E-state index is 0.105. The molecule has 3 saturated heterocycles. The lowest BCUT2D eigenvalue weighted by atomic mass is 9.98. The third-order valence-electron chi connectivity index (χ3n) is 7.49. The quantitative estimate of drug-likeness (QED) is 0.536. The number of likely N-dealkylation sites (tertiary alicyclic amines) is 1. The number of piperidine rings is 1. The van der Waals surface area contributed by atoms with Gasteiger partial charge in [-0.05, 0) is 50.3 Å². The van der Waals surface area contributed by atoms with Crippen LogP contribution in [-0.4, -0.2) is 64.2 Å². The van der Waals surface area contributed by atoms with Crippen molar-refractivity contribution in [1.29, 1.82) is 0 Å². The standard InChI is InChI=1S/C25H31ClN8O/c26-16-5-6-19(28)18(12-16)25(35)33-10-2-1-4-21(33)20-13-23-29-22(31-8-3-9-31)14-24(34(23)30-20)32-11-7-17(27)15-32/h5-6,12-14,17,21H,1-4,7-11,15,27-28H2. The van der Waals surface area contributed by atoms with E-state index in [1.165, 1.54) is 6.42 Å². The molecule has 2 aromatic heterocycles. The highest BCUT2D eigenvalue weighted by Gasteiger charge is 2.33. The Hall–Kier alpha value is -3.04. The van der Waals surface area contributed by atoms with E-state index in [0.29, 0.717) is 22.8 Å². The van der Waals surface area contributed by atoms with Gasteiger partial charge < -0.3 is 26.2 Å². The largest absolute Gasteiger partial charge is 0.398 e. The zero-order chi connectivity index (χ0) is 24.1. The van der Waals surface area contributed by atoms with E-state index in [-0.39, 0.29) is 18.0 Å². The fourth-order valence-electron chi connectivity index (χ4n) is 5.40. The van der Waals surface area contributed by atoms with E-state index in [2.05, 4.69) is 15.9 Å². The number of hydrogen-bond acceptors (Lipinski definition) is 7. The van der Waals surface area contributed by atoms with E-state index in [0.717, 1.165) is 74.8 Å². The number of halogens is 1. The number of nitrogen functional groups attached to an aromatic ring is 1. The van der Waals surface area contributed by atoms with Gasteiger partial charge in [-0.25, -0.2) is 4.98 Å². The minimum atomic E-state index is -0.141. The van der Waals surface area contributed by atoms with E-state index < -0.39 is 0 Å². The monoisotopic (exact) mass is 494 g/mol. The number of amides is 1. The van der Waals surface area contributed by atoms with Crippen LogP contribution in [0, 0.1) is 0 Å². The smallest absolute Gasteiger partial charge is 0.256 e. The van der Waals surface area contributed by atoms with Crippen molar-refractivity contribution in [3.8, 4) is 0 Å². The third kappa shape index (κ3) is 4.06. The van der Waals surface area contributed by atoms with Gasteiger partial charge in [0.2, 0.25) is 0 Å². The van der Waals surface area contributed by atoms with Crippen LogP contribution in [0.5, 0.6) is 0 Å². The molecule has 2 unspecified atom stereocenters. The first-order chi connectivity index (χ1) is 17.0. The third-order valence-corrected chi connectivity index (χ3v) is 7.73. The number of nitrogens with two attached hydrogens (primary N) is 2. The van der Waals surface area contributed by atoms with Gasteiger partial charge in [0.05, 0.1) is 17.3 Å². The Morgan fingerprint density at radius 3 is 2.60 bits per heavy atom. The molecule has 6 rings (SSSR count). The summed E-state index contributed by atoms with van der Waals surface area (Å²) in [5.74, 6) is 1.89. The highest BCUT2D eigenvalue weighted by molar-refractivity contribution is 6.31. The highest BCUT2D eigenvalue weighted by Crippen LogP contribution is 2.35. The Balaban J connectivity index is 1.39. The van der Waals surface area contributed by atoms with Crippen LogP contribution in [0.3, 0.4) is 0 Å². The van der Waals surface area contributed by atoms with Crippen LogP contribution in [0.25, 0.3) is 5.65 Å². The van der Waals surface area contributed by atoms with Crippen LogP contribution in [-0.2, 0) is 0 Å². The van der Waals surface area contributed by atoms with Gasteiger partial charge in [-0.1, -0.05) is 11.6 Å². The highest BCUT2D eigenvalue weighted by atomic mass is 35.5. The van der Waals surface area contributed by atoms with Gasteiger partial charge in [0.25, 0.3) is 5.91 Å². The molecular formula is C25H31ClN8O. The summed E-state index contributed by atoms with van der Waals surface area (Å²) in [6, 6.07) is 9.25. The molecule has 4 N–H and O–H groups in total. The maximum Gasteiger partial charge on any atom is 0.256 e. The Kier molecular flexibility index (Phi) is 5.69. The molecule has 10 heteroatoms. The molecule has 184 valence electrons. The van der Waals surface area contributed by atoms with E-state index in [4.69, 9.17) is 33.2 Å². The van der Waals surface area contributed by atoms with Crippen LogP contribution >= 0.6 is 11.6 Å². The summed E-state index contributed by atoms with van der Waals surface area (Å²) in [4.78, 5) is 25.0. The molecular weight excluding hydrogens is 464 g/mol. The topological polar surface area (TPSA) is 109 Å². The number of carbonyl (C=O) groups is 1. The number of rotatable bonds is 4. The first-order valence-corrected chi connectivity index (χ1v) is 12.9. The maximum atomic E-state index is 13.6. The molecule has 3 fully saturated rings. The van der Waals surface area contributed by atoms with Crippen LogP contribution in [0.4, 0.5) is 17.3 Å². The Morgan fingerprint density at radius 1 is 1.00 bits per heavy atom. The molecule has 3 aromatic rings. The summed E-state index contributed by atoms with van der Waals surface area (Å²) in [5, 5.41) is 5.52. The van der Waals surface area contributed by atoms with E-state index in [1.807, 2.05) is 15.5 Å². The molecule has 0 aliphatic carbocycles. The van der Waals surface area contributed by atoms with Crippen molar-refractivity contribution < 1.29 is 4.79 Å². The summed E-state index contributed by atoms with van der Waals surface area (Å²) >= 11 is 6.19. The normalized spacial score (nSPS) is 22.6. The second-order valence-electron chi connectivity index (χ2n) is 9.89. The fraction of sp³-hybridized carbons (Fsp3) is 0.480.